The van der Waals surface area contributed by atoms with Crippen molar-refractivity contribution in [3.05, 3.63) is 46.6 Å². The van der Waals surface area contributed by atoms with Crippen LogP contribution in [0.2, 0.25) is 5.02 Å². The molecule has 0 aliphatic rings. The number of nitrogens with zero attached hydrogens (tertiary/aromatic N) is 2. The largest absolute Gasteiger partial charge is 0.462 e. The molecule has 0 saturated carbocycles. The van der Waals surface area contributed by atoms with Gasteiger partial charge in [0.05, 0.1) is 19.3 Å². The van der Waals surface area contributed by atoms with Gasteiger partial charge in [0.1, 0.15) is 11.4 Å². The average Bonchev–Trinajstić information content (AvgIpc) is 2.94. The Morgan fingerprint density at radius 3 is 2.56 bits per heavy atom. The van der Waals surface area contributed by atoms with Gasteiger partial charge in [0, 0.05) is 17.6 Å². The molecule has 0 saturated heterocycles. The maximum absolute atomic E-state index is 12.0. The van der Waals surface area contributed by atoms with Gasteiger partial charge in [-0.15, -0.1) is 0 Å². The number of carbonyl (C=O) groups is 3. The minimum Gasteiger partial charge on any atom is -0.462 e. The average molecular weight is 365 g/mol. The first-order valence-electron chi connectivity index (χ1n) is 7.45. The first kappa shape index (κ1) is 18.5. The number of rotatable bonds is 6. The van der Waals surface area contributed by atoms with Crippen LogP contribution in [0.4, 0.5) is 5.82 Å². The van der Waals surface area contributed by atoms with Crippen LogP contribution in [0.25, 0.3) is 0 Å². The molecule has 8 nitrogen and oxygen atoms in total. The molecule has 0 bridgehead atoms. The van der Waals surface area contributed by atoms with E-state index in [1.54, 1.807) is 38.2 Å². The normalized spacial score (nSPS) is 10.2. The number of ether oxygens (including phenoxy) is 1. The summed E-state index contributed by atoms with van der Waals surface area (Å²) in [4.78, 5) is 35.8. The van der Waals surface area contributed by atoms with Crippen LogP contribution in [-0.4, -0.2) is 40.7 Å². The summed E-state index contributed by atoms with van der Waals surface area (Å²) in [6.45, 7) is 1.62. The van der Waals surface area contributed by atoms with Crippen molar-refractivity contribution in [1.29, 1.82) is 0 Å². The Hall–Kier alpha value is -2.87. The van der Waals surface area contributed by atoms with Gasteiger partial charge in [-0.25, -0.2) is 4.79 Å². The summed E-state index contributed by atoms with van der Waals surface area (Å²) in [5.74, 6) is -1.31. The summed E-state index contributed by atoms with van der Waals surface area (Å²) in [5, 5.41) is 9.46. The fourth-order valence-electron chi connectivity index (χ4n) is 1.98. The molecule has 25 heavy (non-hydrogen) atoms. The maximum atomic E-state index is 12.0. The van der Waals surface area contributed by atoms with Gasteiger partial charge in [0.15, 0.2) is 0 Å². The quantitative estimate of drug-likeness (QED) is 0.758. The molecule has 0 spiro atoms. The van der Waals surface area contributed by atoms with Crippen LogP contribution in [0.5, 0.6) is 0 Å². The molecule has 9 heteroatoms. The standard InChI is InChI=1S/C16H17ClN4O4/c1-3-25-16(24)12-8-19-21(2)14(12)20-13(22)9-18-15(23)10-4-6-11(17)7-5-10/h4-8H,3,9H2,1-2H3,(H,18,23)(H,20,22). The minimum absolute atomic E-state index is 0.140. The number of hydrogen-bond donors (Lipinski definition) is 2. The Morgan fingerprint density at radius 1 is 1.24 bits per heavy atom. The molecule has 1 aromatic carbocycles. The van der Waals surface area contributed by atoms with E-state index in [1.807, 2.05) is 0 Å². The van der Waals surface area contributed by atoms with Gasteiger partial charge < -0.3 is 15.4 Å². The van der Waals surface area contributed by atoms with Crippen molar-refractivity contribution in [3.63, 3.8) is 0 Å². The van der Waals surface area contributed by atoms with Gasteiger partial charge in [0.25, 0.3) is 5.91 Å². The topological polar surface area (TPSA) is 102 Å². The SMILES string of the molecule is CCOC(=O)c1cnn(C)c1NC(=O)CNC(=O)c1ccc(Cl)cc1. The molecule has 0 fully saturated rings. The number of amides is 2. The van der Waals surface area contributed by atoms with Gasteiger partial charge in [-0.3, -0.25) is 14.3 Å². The molecular formula is C16H17ClN4O4. The molecule has 2 rings (SSSR count). The lowest BCUT2D eigenvalue weighted by Crippen LogP contribution is -2.33. The van der Waals surface area contributed by atoms with Crippen molar-refractivity contribution in [3.8, 4) is 0 Å². The van der Waals surface area contributed by atoms with E-state index in [0.29, 0.717) is 10.6 Å². The van der Waals surface area contributed by atoms with E-state index in [1.165, 1.54) is 10.9 Å². The smallest absolute Gasteiger partial charge is 0.343 e. The lowest BCUT2D eigenvalue weighted by molar-refractivity contribution is -0.115. The predicted octanol–water partition coefficient (Wildman–Crippen LogP) is 1.62. The number of carbonyl (C=O) groups excluding carboxylic acids is 3. The minimum atomic E-state index is -0.587. The zero-order valence-corrected chi connectivity index (χ0v) is 14.5. The Balaban J connectivity index is 1.96. The maximum Gasteiger partial charge on any atom is 0.343 e. The highest BCUT2D eigenvalue weighted by atomic mass is 35.5. The summed E-state index contributed by atoms with van der Waals surface area (Å²) < 4.78 is 6.24. The first-order chi connectivity index (χ1) is 11.9. The number of aryl methyl sites for hydroxylation is 1. The number of esters is 1. The van der Waals surface area contributed by atoms with Gasteiger partial charge >= 0.3 is 5.97 Å². The number of hydrogen-bond acceptors (Lipinski definition) is 5. The molecule has 0 aliphatic carbocycles. The van der Waals surface area contributed by atoms with Gasteiger partial charge in [-0.1, -0.05) is 11.6 Å². The predicted molar refractivity (Wildman–Crippen MR) is 91.6 cm³/mol. The number of halogens is 1. The van der Waals surface area contributed by atoms with Gasteiger partial charge in [-0.2, -0.15) is 5.10 Å². The van der Waals surface area contributed by atoms with Crippen LogP contribution in [-0.2, 0) is 16.6 Å². The molecule has 2 amide bonds. The molecular weight excluding hydrogens is 348 g/mol. The van der Waals surface area contributed by atoms with Crippen LogP contribution in [0, 0.1) is 0 Å². The number of benzene rings is 1. The van der Waals surface area contributed by atoms with Crippen LogP contribution >= 0.6 is 11.6 Å². The lowest BCUT2D eigenvalue weighted by Gasteiger charge is -2.09. The van der Waals surface area contributed by atoms with Crippen molar-refractivity contribution in [2.75, 3.05) is 18.5 Å². The van der Waals surface area contributed by atoms with Crippen molar-refractivity contribution >= 4 is 35.2 Å². The number of anilines is 1. The Labute approximate surface area is 149 Å². The van der Waals surface area contributed by atoms with Crippen LogP contribution in [0.15, 0.2) is 30.5 Å². The third-order valence-corrected chi connectivity index (χ3v) is 3.46. The number of aromatic nitrogens is 2. The molecule has 0 atom stereocenters. The van der Waals surface area contributed by atoms with Gasteiger partial charge in [0.2, 0.25) is 5.91 Å². The van der Waals surface area contributed by atoms with E-state index in [4.69, 9.17) is 16.3 Å². The molecule has 2 N–H and O–H groups in total. The second kappa shape index (κ2) is 8.29. The van der Waals surface area contributed by atoms with Crippen LogP contribution < -0.4 is 10.6 Å². The third-order valence-electron chi connectivity index (χ3n) is 3.21. The fraction of sp³-hybridized carbons (Fsp3) is 0.250. The van der Waals surface area contributed by atoms with Gasteiger partial charge in [-0.05, 0) is 31.2 Å². The summed E-state index contributed by atoms with van der Waals surface area (Å²) in [6, 6.07) is 6.26. The highest BCUT2D eigenvalue weighted by Crippen LogP contribution is 2.15. The molecule has 0 aliphatic heterocycles. The molecule has 2 aromatic rings. The molecule has 132 valence electrons. The van der Waals surface area contributed by atoms with Crippen molar-refractivity contribution in [2.45, 2.75) is 6.92 Å². The zero-order chi connectivity index (χ0) is 18.4. The highest BCUT2D eigenvalue weighted by Gasteiger charge is 2.19. The van der Waals surface area contributed by atoms with E-state index in [-0.39, 0.29) is 24.5 Å². The summed E-state index contributed by atoms with van der Waals surface area (Å²) in [6.07, 6.45) is 1.31. The Morgan fingerprint density at radius 2 is 1.92 bits per heavy atom. The van der Waals surface area contributed by atoms with Crippen molar-refractivity contribution in [2.24, 2.45) is 7.05 Å². The zero-order valence-electron chi connectivity index (χ0n) is 13.7. The van der Waals surface area contributed by atoms with Crippen LogP contribution in [0.1, 0.15) is 27.6 Å². The third kappa shape index (κ3) is 4.80. The highest BCUT2D eigenvalue weighted by molar-refractivity contribution is 6.30. The molecule has 0 radical (unpaired) electrons. The first-order valence-corrected chi connectivity index (χ1v) is 7.83. The lowest BCUT2D eigenvalue weighted by atomic mass is 10.2. The van der Waals surface area contributed by atoms with Crippen molar-refractivity contribution < 1.29 is 19.1 Å². The van der Waals surface area contributed by atoms with E-state index < -0.39 is 17.8 Å². The number of nitrogens with one attached hydrogen (secondary N) is 2. The van der Waals surface area contributed by atoms with Crippen molar-refractivity contribution in [1.82, 2.24) is 15.1 Å². The van der Waals surface area contributed by atoms with Crippen LogP contribution in [0.3, 0.4) is 0 Å². The van der Waals surface area contributed by atoms with E-state index in [0.717, 1.165) is 0 Å². The molecule has 0 unspecified atom stereocenters. The Kier molecular flexibility index (Phi) is 6.13. The van der Waals surface area contributed by atoms with E-state index in [9.17, 15) is 14.4 Å². The molecule has 1 heterocycles. The monoisotopic (exact) mass is 364 g/mol. The van der Waals surface area contributed by atoms with E-state index >= 15 is 0 Å². The Bertz CT molecular complexity index is 786. The van der Waals surface area contributed by atoms with E-state index in [2.05, 4.69) is 15.7 Å². The summed E-state index contributed by atoms with van der Waals surface area (Å²) in [7, 11) is 1.57. The molecule has 1 aromatic heterocycles. The second-order valence-corrected chi connectivity index (χ2v) is 5.43. The second-order valence-electron chi connectivity index (χ2n) is 4.99. The summed E-state index contributed by atoms with van der Waals surface area (Å²) in [5.41, 5.74) is 0.520. The summed E-state index contributed by atoms with van der Waals surface area (Å²) >= 11 is 5.76. The fourth-order valence-corrected chi connectivity index (χ4v) is 2.11.